The lowest BCUT2D eigenvalue weighted by atomic mass is 10.1. The normalized spacial score (nSPS) is 10.6. The lowest BCUT2D eigenvalue weighted by Crippen LogP contribution is -2.42. The Morgan fingerprint density at radius 3 is 2.61 bits per heavy atom. The van der Waals surface area contributed by atoms with Gasteiger partial charge in [-0.3, -0.25) is 5.73 Å². The van der Waals surface area contributed by atoms with Crippen molar-refractivity contribution in [1.29, 1.82) is 0 Å². The first-order valence-corrected chi connectivity index (χ1v) is 6.45. The van der Waals surface area contributed by atoms with Crippen LogP contribution in [0.4, 0.5) is 5.82 Å². The van der Waals surface area contributed by atoms with Crippen LogP contribution in [0.1, 0.15) is 25.3 Å². The zero-order chi connectivity index (χ0) is 13.0. The number of benzene rings is 1. The number of nitrogens with two attached hydrogens (primary N) is 1. The summed E-state index contributed by atoms with van der Waals surface area (Å²) in [6, 6.07) is 12.3. The highest BCUT2D eigenvalue weighted by atomic mass is 15.3. The zero-order valence-electron chi connectivity index (χ0n) is 11.1. The van der Waals surface area contributed by atoms with E-state index in [9.17, 15) is 0 Å². The summed E-state index contributed by atoms with van der Waals surface area (Å²) in [5.41, 5.74) is 9.27. The number of nitrogen functional groups attached to an aromatic ring is 1. The summed E-state index contributed by atoms with van der Waals surface area (Å²) < 4.78 is 1.92. The molecule has 3 heteroatoms. The molecule has 18 heavy (non-hydrogen) atoms. The van der Waals surface area contributed by atoms with E-state index in [1.165, 1.54) is 0 Å². The number of nitrogens with zero attached hydrogens (tertiary/aromatic N) is 2. The first-order valence-electron chi connectivity index (χ1n) is 6.45. The summed E-state index contributed by atoms with van der Waals surface area (Å²) >= 11 is 0. The Labute approximate surface area is 108 Å². The fourth-order valence-electron chi connectivity index (χ4n) is 1.92. The quantitative estimate of drug-likeness (QED) is 0.838. The van der Waals surface area contributed by atoms with Crippen molar-refractivity contribution in [3.63, 3.8) is 0 Å². The van der Waals surface area contributed by atoms with Gasteiger partial charge >= 0.3 is 0 Å². The Morgan fingerprint density at radius 1 is 1.22 bits per heavy atom. The Kier molecular flexibility index (Phi) is 3.92. The van der Waals surface area contributed by atoms with Crippen molar-refractivity contribution in [3.05, 3.63) is 42.0 Å². The highest BCUT2D eigenvalue weighted by molar-refractivity contribution is 5.59. The number of rotatable bonds is 4. The molecule has 0 bridgehead atoms. The monoisotopic (exact) mass is 242 g/mol. The maximum atomic E-state index is 6.07. The molecule has 0 spiro atoms. The van der Waals surface area contributed by atoms with Gasteiger partial charge in [-0.1, -0.05) is 48.8 Å². The average Bonchev–Trinajstić information content (AvgIpc) is 2.41. The van der Waals surface area contributed by atoms with Crippen molar-refractivity contribution >= 4 is 5.82 Å². The summed E-state index contributed by atoms with van der Waals surface area (Å²) in [5.74, 6) is 0.767. The van der Waals surface area contributed by atoms with Crippen LogP contribution in [0.3, 0.4) is 0 Å². The summed E-state index contributed by atoms with van der Waals surface area (Å²) in [6.07, 6.45) is 2.24. The Balaban J connectivity index is 2.41. The summed E-state index contributed by atoms with van der Waals surface area (Å²) in [6.45, 7) is 5.08. The molecule has 0 aliphatic rings. The van der Waals surface area contributed by atoms with Gasteiger partial charge in [0.25, 0.3) is 5.82 Å². The van der Waals surface area contributed by atoms with Gasteiger partial charge in [0.05, 0.1) is 0 Å². The van der Waals surface area contributed by atoms with Gasteiger partial charge in [0.15, 0.2) is 0 Å². The van der Waals surface area contributed by atoms with E-state index in [1.54, 1.807) is 0 Å². The number of aromatic nitrogens is 2. The van der Waals surface area contributed by atoms with Crippen LogP contribution in [0, 0.1) is 6.92 Å². The Hall–Kier alpha value is -1.90. The van der Waals surface area contributed by atoms with Gasteiger partial charge in [-0.15, -0.1) is 4.68 Å². The molecule has 0 atom stereocenters. The van der Waals surface area contributed by atoms with Crippen molar-refractivity contribution in [1.82, 2.24) is 5.10 Å². The summed E-state index contributed by atoms with van der Waals surface area (Å²) in [4.78, 5) is 0. The third-order valence-electron chi connectivity index (χ3n) is 3.06. The molecule has 1 aromatic carbocycles. The summed E-state index contributed by atoms with van der Waals surface area (Å²) in [5, 5.41) is 4.63. The molecular weight excluding hydrogens is 222 g/mol. The number of hydrogen-bond donors (Lipinski definition) is 1. The van der Waals surface area contributed by atoms with E-state index in [-0.39, 0.29) is 0 Å². The van der Waals surface area contributed by atoms with Gasteiger partial charge in [-0.2, -0.15) is 0 Å². The van der Waals surface area contributed by atoms with Gasteiger partial charge in [0, 0.05) is 11.1 Å². The van der Waals surface area contributed by atoms with Crippen LogP contribution < -0.4 is 10.4 Å². The van der Waals surface area contributed by atoms with Gasteiger partial charge in [-0.25, -0.2) is 0 Å². The van der Waals surface area contributed by atoms with Crippen molar-refractivity contribution in [2.75, 3.05) is 5.73 Å². The zero-order valence-corrected chi connectivity index (χ0v) is 11.1. The molecule has 1 aromatic heterocycles. The minimum absolute atomic E-state index is 0.767. The lowest BCUT2D eigenvalue weighted by molar-refractivity contribution is -0.740. The van der Waals surface area contributed by atoms with Crippen LogP contribution in [-0.4, -0.2) is 5.10 Å². The minimum atomic E-state index is 0.767. The van der Waals surface area contributed by atoms with E-state index in [1.807, 2.05) is 35.9 Å². The SMILES string of the molecule is CCCC[n+]1nc(-c2ccccc2)cc(C)c1N. The van der Waals surface area contributed by atoms with Gasteiger partial charge < -0.3 is 0 Å². The molecule has 0 aliphatic carbocycles. The molecule has 1 heterocycles. The molecule has 2 rings (SSSR count). The third-order valence-corrected chi connectivity index (χ3v) is 3.06. The minimum Gasteiger partial charge on any atom is -0.285 e. The Morgan fingerprint density at radius 2 is 1.94 bits per heavy atom. The highest BCUT2D eigenvalue weighted by Crippen LogP contribution is 2.17. The second-order valence-corrected chi connectivity index (χ2v) is 4.54. The molecular formula is C15H20N3+. The fourth-order valence-corrected chi connectivity index (χ4v) is 1.92. The number of unbranched alkanes of at least 4 members (excludes halogenated alkanes) is 1. The van der Waals surface area contributed by atoms with Crippen LogP contribution in [0.2, 0.25) is 0 Å². The van der Waals surface area contributed by atoms with Gasteiger partial charge in [0.1, 0.15) is 12.2 Å². The van der Waals surface area contributed by atoms with E-state index < -0.39 is 0 Å². The molecule has 2 aromatic rings. The van der Waals surface area contributed by atoms with E-state index in [2.05, 4.69) is 24.2 Å². The molecule has 0 saturated heterocycles. The predicted octanol–water partition coefficient (Wildman–Crippen LogP) is 2.73. The van der Waals surface area contributed by atoms with Crippen LogP contribution in [0.5, 0.6) is 0 Å². The van der Waals surface area contributed by atoms with Crippen LogP contribution in [-0.2, 0) is 6.54 Å². The smallest absolute Gasteiger partial charge is 0.285 e. The Bertz CT molecular complexity index is 521. The predicted molar refractivity (Wildman–Crippen MR) is 73.9 cm³/mol. The number of aryl methyl sites for hydroxylation is 2. The van der Waals surface area contributed by atoms with E-state index in [0.29, 0.717) is 0 Å². The van der Waals surface area contributed by atoms with Gasteiger partial charge in [0.2, 0.25) is 0 Å². The molecule has 0 saturated carbocycles. The second-order valence-electron chi connectivity index (χ2n) is 4.54. The van der Waals surface area contributed by atoms with Crippen molar-refractivity contribution < 1.29 is 4.68 Å². The highest BCUT2D eigenvalue weighted by Gasteiger charge is 2.12. The molecule has 3 nitrogen and oxygen atoms in total. The largest absolute Gasteiger partial charge is 0.295 e. The molecule has 0 amide bonds. The topological polar surface area (TPSA) is 42.8 Å². The van der Waals surface area contributed by atoms with Crippen LogP contribution in [0.25, 0.3) is 11.3 Å². The standard InChI is InChI=1S/C15H19N3/c1-3-4-10-18-15(16)12(2)11-14(17-18)13-8-6-5-7-9-13/h5-9,11,16H,3-4,10H2,1-2H3/p+1. The van der Waals surface area contributed by atoms with E-state index in [4.69, 9.17) is 5.73 Å². The number of anilines is 1. The first kappa shape index (κ1) is 12.6. The second kappa shape index (κ2) is 5.63. The molecule has 0 aliphatic heterocycles. The van der Waals surface area contributed by atoms with Crippen molar-refractivity contribution in [2.45, 2.75) is 33.2 Å². The molecule has 0 radical (unpaired) electrons. The van der Waals surface area contributed by atoms with E-state index >= 15 is 0 Å². The average molecular weight is 242 g/mol. The number of hydrogen-bond acceptors (Lipinski definition) is 2. The van der Waals surface area contributed by atoms with E-state index in [0.717, 1.165) is 42.0 Å². The first-order chi connectivity index (χ1) is 8.72. The molecule has 94 valence electrons. The van der Waals surface area contributed by atoms with Crippen molar-refractivity contribution in [3.8, 4) is 11.3 Å². The molecule has 0 fully saturated rings. The molecule has 2 N–H and O–H groups in total. The lowest BCUT2D eigenvalue weighted by Gasteiger charge is -2.06. The maximum absolute atomic E-state index is 6.07. The fraction of sp³-hybridized carbons (Fsp3) is 0.333. The molecule has 0 unspecified atom stereocenters. The third kappa shape index (κ3) is 2.67. The van der Waals surface area contributed by atoms with Crippen LogP contribution in [0.15, 0.2) is 36.4 Å². The van der Waals surface area contributed by atoms with Crippen LogP contribution >= 0.6 is 0 Å². The van der Waals surface area contributed by atoms with Gasteiger partial charge in [-0.05, 0) is 19.4 Å². The maximum Gasteiger partial charge on any atom is 0.295 e. The van der Waals surface area contributed by atoms with Crippen molar-refractivity contribution in [2.24, 2.45) is 0 Å². The summed E-state index contributed by atoms with van der Waals surface area (Å²) in [7, 11) is 0.